The van der Waals surface area contributed by atoms with E-state index in [0.717, 1.165) is 17.7 Å². The molecule has 1 atom stereocenters. The highest BCUT2D eigenvalue weighted by Gasteiger charge is 2.35. The molecule has 4 rings (SSSR count). The molecule has 0 bridgehead atoms. The molecule has 2 aromatic carbocycles. The Labute approximate surface area is 188 Å². The summed E-state index contributed by atoms with van der Waals surface area (Å²) in [5, 5.41) is 5.62. The summed E-state index contributed by atoms with van der Waals surface area (Å²) in [5.74, 6) is -0.554. The van der Waals surface area contributed by atoms with E-state index in [1.54, 1.807) is 13.0 Å². The monoisotopic (exact) mass is 457 g/mol. The summed E-state index contributed by atoms with van der Waals surface area (Å²) >= 11 is 0. The topological polar surface area (TPSA) is 105 Å². The van der Waals surface area contributed by atoms with Crippen LogP contribution >= 0.6 is 0 Å². The van der Waals surface area contributed by atoms with E-state index in [2.05, 4.69) is 10.6 Å². The second kappa shape index (κ2) is 8.91. The highest BCUT2D eigenvalue weighted by atomic mass is 32.2. The number of benzene rings is 2. The van der Waals surface area contributed by atoms with Crippen LogP contribution in [0, 0.1) is 12.8 Å². The number of piperidine rings is 1. The summed E-state index contributed by atoms with van der Waals surface area (Å²) in [6.45, 7) is 4.05. The number of carbonyl (C=O) groups is 2. The number of aryl methyl sites for hydroxylation is 2. The van der Waals surface area contributed by atoms with Crippen LogP contribution in [0.1, 0.15) is 30.9 Å². The molecule has 2 heterocycles. The van der Waals surface area contributed by atoms with Crippen molar-refractivity contribution in [3.63, 3.8) is 0 Å². The van der Waals surface area contributed by atoms with Crippen LogP contribution in [0.5, 0.6) is 5.75 Å². The van der Waals surface area contributed by atoms with E-state index in [-0.39, 0.29) is 29.9 Å². The fourth-order valence-corrected chi connectivity index (χ4v) is 5.87. The molecule has 0 spiro atoms. The predicted molar refractivity (Wildman–Crippen MR) is 121 cm³/mol. The Morgan fingerprint density at radius 3 is 2.88 bits per heavy atom. The van der Waals surface area contributed by atoms with Crippen LogP contribution in [-0.2, 0) is 26.0 Å². The number of fused-ring (bicyclic) bond motifs is 1. The van der Waals surface area contributed by atoms with Gasteiger partial charge in [-0.1, -0.05) is 19.1 Å². The highest BCUT2D eigenvalue weighted by molar-refractivity contribution is 7.89. The van der Waals surface area contributed by atoms with Crippen molar-refractivity contribution in [1.29, 1.82) is 0 Å². The maximum atomic E-state index is 13.4. The van der Waals surface area contributed by atoms with Gasteiger partial charge in [-0.15, -0.1) is 0 Å². The van der Waals surface area contributed by atoms with Crippen LogP contribution in [-0.4, -0.2) is 44.2 Å². The van der Waals surface area contributed by atoms with Gasteiger partial charge >= 0.3 is 0 Å². The maximum absolute atomic E-state index is 13.4. The molecule has 1 fully saturated rings. The van der Waals surface area contributed by atoms with Crippen LogP contribution < -0.4 is 15.4 Å². The molecule has 0 radical (unpaired) electrons. The number of hydrogen-bond acceptors (Lipinski definition) is 5. The van der Waals surface area contributed by atoms with E-state index in [0.29, 0.717) is 36.4 Å². The second-order valence-corrected chi connectivity index (χ2v) is 10.1. The molecule has 0 saturated carbocycles. The van der Waals surface area contributed by atoms with Crippen molar-refractivity contribution in [2.24, 2.45) is 5.92 Å². The standard InChI is InChI=1S/C23H27N3O5S/c1-3-16-6-4-8-18(11-16)24-23(28)17-7-5-9-26(13-17)32(29,30)21-12-20-19(10-15(21)2)25-22(27)14-31-20/h4,6,8,10-12,17H,3,5,7,9,13-14H2,1-2H3,(H,24,28)(H,25,27). The molecule has 0 aliphatic carbocycles. The number of carbonyl (C=O) groups excluding carboxylic acids is 2. The minimum Gasteiger partial charge on any atom is -0.482 e. The quantitative estimate of drug-likeness (QED) is 0.718. The number of hydrogen-bond donors (Lipinski definition) is 2. The van der Waals surface area contributed by atoms with Crippen LogP contribution in [0.3, 0.4) is 0 Å². The Kier molecular flexibility index (Phi) is 6.21. The Balaban J connectivity index is 1.52. The van der Waals surface area contributed by atoms with Gasteiger partial charge in [0.2, 0.25) is 15.9 Å². The molecule has 2 N–H and O–H groups in total. The van der Waals surface area contributed by atoms with Gasteiger partial charge in [-0.25, -0.2) is 8.42 Å². The number of rotatable bonds is 5. The predicted octanol–water partition coefficient (Wildman–Crippen LogP) is 2.93. The number of anilines is 2. The number of sulfonamides is 1. The van der Waals surface area contributed by atoms with Crippen molar-refractivity contribution in [3.8, 4) is 5.75 Å². The third kappa shape index (κ3) is 4.49. The largest absolute Gasteiger partial charge is 0.482 e. The third-order valence-corrected chi connectivity index (χ3v) is 7.89. The zero-order valence-electron chi connectivity index (χ0n) is 18.2. The van der Waals surface area contributed by atoms with Crippen LogP contribution in [0.25, 0.3) is 0 Å². The Hall–Kier alpha value is -2.91. The lowest BCUT2D eigenvalue weighted by molar-refractivity contribution is -0.121. The summed E-state index contributed by atoms with van der Waals surface area (Å²) < 4.78 is 33.6. The molecular formula is C23H27N3O5S. The normalized spacial score (nSPS) is 18.9. The van der Waals surface area contributed by atoms with Gasteiger partial charge in [0.15, 0.2) is 6.61 Å². The van der Waals surface area contributed by atoms with Gasteiger partial charge in [0.25, 0.3) is 5.91 Å². The van der Waals surface area contributed by atoms with Crippen molar-refractivity contribution in [2.45, 2.75) is 38.0 Å². The Morgan fingerprint density at radius 1 is 1.28 bits per heavy atom. The average Bonchev–Trinajstić information content (AvgIpc) is 2.78. The molecule has 8 nitrogen and oxygen atoms in total. The lowest BCUT2D eigenvalue weighted by Gasteiger charge is -2.32. The molecule has 2 aliphatic rings. The molecule has 1 saturated heterocycles. The van der Waals surface area contributed by atoms with Crippen molar-refractivity contribution in [1.82, 2.24) is 4.31 Å². The lowest BCUT2D eigenvalue weighted by Crippen LogP contribution is -2.43. The van der Waals surface area contributed by atoms with Crippen molar-refractivity contribution < 1.29 is 22.7 Å². The zero-order valence-corrected chi connectivity index (χ0v) is 19.0. The van der Waals surface area contributed by atoms with Crippen LogP contribution in [0.15, 0.2) is 41.3 Å². The van der Waals surface area contributed by atoms with Crippen molar-refractivity contribution in [3.05, 3.63) is 47.5 Å². The molecule has 9 heteroatoms. The first-order valence-corrected chi connectivity index (χ1v) is 12.2. The molecule has 1 unspecified atom stereocenters. The van der Waals surface area contributed by atoms with Gasteiger partial charge in [0.05, 0.1) is 16.5 Å². The summed E-state index contributed by atoms with van der Waals surface area (Å²) in [4.78, 5) is 24.5. The Bertz CT molecular complexity index is 1160. The maximum Gasteiger partial charge on any atom is 0.262 e. The third-order valence-electron chi connectivity index (χ3n) is 5.89. The highest BCUT2D eigenvalue weighted by Crippen LogP contribution is 2.35. The molecule has 170 valence electrons. The fraction of sp³-hybridized carbons (Fsp3) is 0.391. The van der Waals surface area contributed by atoms with E-state index in [1.807, 2.05) is 31.2 Å². The number of nitrogens with zero attached hydrogens (tertiary/aromatic N) is 1. The zero-order chi connectivity index (χ0) is 22.9. The first-order chi connectivity index (χ1) is 15.3. The molecule has 32 heavy (non-hydrogen) atoms. The SMILES string of the molecule is CCc1cccc(NC(=O)C2CCCN(S(=O)(=O)c3cc4c(cc3C)NC(=O)CO4)C2)c1. The molecule has 2 aromatic rings. The molecule has 0 aromatic heterocycles. The first kappa shape index (κ1) is 22.3. The molecule has 2 aliphatic heterocycles. The second-order valence-electron chi connectivity index (χ2n) is 8.20. The number of amides is 2. The van der Waals surface area contributed by atoms with Gasteiger partial charge in [-0.05, 0) is 55.5 Å². The fourth-order valence-electron chi connectivity index (χ4n) is 4.12. The summed E-state index contributed by atoms with van der Waals surface area (Å²) in [5.41, 5.74) is 2.82. The summed E-state index contributed by atoms with van der Waals surface area (Å²) in [6, 6.07) is 10.7. The van der Waals surface area contributed by atoms with E-state index < -0.39 is 15.9 Å². The van der Waals surface area contributed by atoms with Gasteiger partial charge in [-0.2, -0.15) is 4.31 Å². The minimum atomic E-state index is -3.83. The summed E-state index contributed by atoms with van der Waals surface area (Å²) in [6.07, 6.45) is 2.10. The lowest BCUT2D eigenvalue weighted by atomic mass is 9.98. The average molecular weight is 458 g/mol. The molecular weight excluding hydrogens is 430 g/mol. The van der Waals surface area contributed by atoms with Crippen LogP contribution in [0.4, 0.5) is 11.4 Å². The number of nitrogens with one attached hydrogen (secondary N) is 2. The summed E-state index contributed by atoms with van der Waals surface area (Å²) in [7, 11) is -3.83. The van der Waals surface area contributed by atoms with E-state index >= 15 is 0 Å². The van der Waals surface area contributed by atoms with Crippen molar-refractivity contribution >= 4 is 33.2 Å². The van der Waals surface area contributed by atoms with E-state index in [4.69, 9.17) is 4.74 Å². The number of ether oxygens (including phenoxy) is 1. The van der Waals surface area contributed by atoms with Gasteiger partial charge in [-0.3, -0.25) is 9.59 Å². The first-order valence-electron chi connectivity index (χ1n) is 10.7. The van der Waals surface area contributed by atoms with Crippen LogP contribution in [0.2, 0.25) is 0 Å². The van der Waals surface area contributed by atoms with Gasteiger partial charge in [0.1, 0.15) is 5.75 Å². The Morgan fingerprint density at radius 2 is 2.09 bits per heavy atom. The van der Waals surface area contributed by atoms with E-state index in [9.17, 15) is 18.0 Å². The van der Waals surface area contributed by atoms with Crippen molar-refractivity contribution in [2.75, 3.05) is 30.3 Å². The van der Waals surface area contributed by atoms with Gasteiger partial charge < -0.3 is 15.4 Å². The van der Waals surface area contributed by atoms with Gasteiger partial charge in [0, 0.05) is 24.8 Å². The minimum absolute atomic E-state index is 0.121. The van der Waals surface area contributed by atoms with E-state index in [1.165, 1.54) is 10.4 Å². The molecule has 2 amide bonds. The smallest absolute Gasteiger partial charge is 0.262 e.